The smallest absolute Gasteiger partial charge is 0.243 e. The van der Waals surface area contributed by atoms with Crippen molar-refractivity contribution < 1.29 is 9.53 Å². The number of carbonyl (C=O) groups excluding carboxylic acids is 1. The molecule has 0 bridgehead atoms. The number of amides is 1. The topological polar surface area (TPSA) is 50.4 Å². The molecule has 0 spiro atoms. The highest BCUT2D eigenvalue weighted by Crippen LogP contribution is 2.26. The maximum atomic E-state index is 12.4. The minimum absolute atomic E-state index is 0.0733. The molecule has 4 nitrogen and oxygen atoms in total. The van der Waals surface area contributed by atoms with Gasteiger partial charge in [0, 0.05) is 18.7 Å². The lowest BCUT2D eigenvalue weighted by Gasteiger charge is -2.35. The molecule has 1 aromatic carbocycles. The van der Waals surface area contributed by atoms with Crippen LogP contribution in [-0.4, -0.2) is 30.7 Å². The second-order valence-corrected chi connectivity index (χ2v) is 5.76. The predicted octanol–water partition coefficient (Wildman–Crippen LogP) is 1.71. The zero-order valence-corrected chi connectivity index (χ0v) is 11.2. The third-order valence-corrected chi connectivity index (χ3v) is 3.95. The number of hydrogen-bond donors (Lipinski definition) is 2. The Bertz CT molecular complexity index is 456. The van der Waals surface area contributed by atoms with Crippen LogP contribution in [0.4, 0.5) is 5.69 Å². The van der Waals surface area contributed by atoms with Crippen molar-refractivity contribution in [1.29, 1.82) is 0 Å². The number of nitrogens with one attached hydrogen (secondary N) is 2. The summed E-state index contributed by atoms with van der Waals surface area (Å²) in [6.45, 7) is 3.48. The van der Waals surface area contributed by atoms with Gasteiger partial charge in [-0.1, -0.05) is 18.2 Å². The average molecular weight is 260 g/mol. The summed E-state index contributed by atoms with van der Waals surface area (Å²) in [6, 6.07) is 7.94. The fraction of sp³-hybridized carbons (Fsp3) is 0.533. The molecule has 0 radical (unpaired) electrons. The van der Waals surface area contributed by atoms with Crippen LogP contribution in [0.3, 0.4) is 0 Å². The van der Waals surface area contributed by atoms with Crippen molar-refractivity contribution in [2.24, 2.45) is 0 Å². The lowest BCUT2D eigenvalue weighted by molar-refractivity contribution is -0.125. The van der Waals surface area contributed by atoms with Gasteiger partial charge in [-0.3, -0.25) is 4.79 Å². The maximum Gasteiger partial charge on any atom is 0.243 e. The molecule has 1 aromatic rings. The highest BCUT2D eigenvalue weighted by atomic mass is 16.5. The summed E-state index contributed by atoms with van der Waals surface area (Å²) >= 11 is 0. The number of benzene rings is 1. The molecule has 2 heterocycles. The highest BCUT2D eigenvalue weighted by molar-refractivity contribution is 5.87. The van der Waals surface area contributed by atoms with Gasteiger partial charge in [-0.25, -0.2) is 0 Å². The van der Waals surface area contributed by atoms with E-state index < -0.39 is 0 Å². The number of anilines is 1. The molecule has 1 saturated heterocycles. The van der Waals surface area contributed by atoms with E-state index in [-0.39, 0.29) is 17.5 Å². The van der Waals surface area contributed by atoms with Crippen molar-refractivity contribution in [1.82, 2.24) is 5.32 Å². The minimum Gasteiger partial charge on any atom is -0.379 e. The van der Waals surface area contributed by atoms with E-state index in [4.69, 9.17) is 4.74 Å². The Hall–Kier alpha value is -1.55. The van der Waals surface area contributed by atoms with Crippen molar-refractivity contribution in [3.8, 4) is 0 Å². The van der Waals surface area contributed by atoms with Crippen LogP contribution < -0.4 is 10.6 Å². The van der Waals surface area contributed by atoms with Gasteiger partial charge in [0.25, 0.3) is 0 Å². The molecule has 1 amide bonds. The largest absolute Gasteiger partial charge is 0.379 e. The Morgan fingerprint density at radius 1 is 1.47 bits per heavy atom. The van der Waals surface area contributed by atoms with Gasteiger partial charge in [0.2, 0.25) is 5.91 Å². The third-order valence-electron chi connectivity index (χ3n) is 3.95. The molecule has 0 aliphatic carbocycles. The monoisotopic (exact) mass is 260 g/mol. The number of hydrogen-bond acceptors (Lipinski definition) is 3. The number of para-hydroxylation sites is 1. The molecule has 0 aromatic heterocycles. The summed E-state index contributed by atoms with van der Waals surface area (Å²) < 4.78 is 5.48. The number of rotatable bonds is 2. The molecular formula is C15H20N2O2. The van der Waals surface area contributed by atoms with Crippen LogP contribution in [0.1, 0.15) is 25.3 Å². The molecule has 2 aliphatic heterocycles. The predicted molar refractivity (Wildman–Crippen MR) is 74.2 cm³/mol. The number of ether oxygens (including phenoxy) is 1. The van der Waals surface area contributed by atoms with Crippen molar-refractivity contribution in [2.45, 2.75) is 37.8 Å². The van der Waals surface area contributed by atoms with E-state index in [0.717, 1.165) is 31.6 Å². The Balaban J connectivity index is 1.63. The summed E-state index contributed by atoms with van der Waals surface area (Å²) in [5, 5.41) is 6.43. The molecular weight excluding hydrogens is 240 g/mol. The van der Waals surface area contributed by atoms with E-state index >= 15 is 0 Å². The van der Waals surface area contributed by atoms with Gasteiger partial charge >= 0.3 is 0 Å². The van der Waals surface area contributed by atoms with Crippen molar-refractivity contribution in [3.05, 3.63) is 29.8 Å². The summed E-state index contributed by atoms with van der Waals surface area (Å²) in [4.78, 5) is 12.4. The van der Waals surface area contributed by atoms with Gasteiger partial charge in [0.1, 0.15) is 6.04 Å². The quantitative estimate of drug-likeness (QED) is 0.851. The first-order chi connectivity index (χ1) is 9.16. The normalized spacial score (nSPS) is 29.4. The van der Waals surface area contributed by atoms with Crippen LogP contribution in [-0.2, 0) is 16.0 Å². The van der Waals surface area contributed by atoms with E-state index in [1.807, 2.05) is 18.2 Å². The summed E-state index contributed by atoms with van der Waals surface area (Å²) in [7, 11) is 0. The van der Waals surface area contributed by atoms with E-state index in [0.29, 0.717) is 6.61 Å². The molecule has 2 atom stereocenters. The second-order valence-electron chi connectivity index (χ2n) is 5.76. The van der Waals surface area contributed by atoms with Crippen LogP contribution >= 0.6 is 0 Å². The summed E-state index contributed by atoms with van der Waals surface area (Å²) in [6.07, 6.45) is 2.76. The lowest BCUT2D eigenvalue weighted by Crippen LogP contribution is -2.55. The maximum absolute atomic E-state index is 12.4. The number of carbonyl (C=O) groups is 1. The Morgan fingerprint density at radius 3 is 3.05 bits per heavy atom. The fourth-order valence-electron chi connectivity index (χ4n) is 2.87. The molecule has 19 heavy (non-hydrogen) atoms. The first kappa shape index (κ1) is 12.5. The standard InChI is InChI=1S/C15H20N2O2/c1-15(7-4-8-19-10-15)17-14(18)13-9-11-5-2-3-6-12(11)16-13/h2-3,5-6,13,16H,4,7-10H2,1H3,(H,17,18)/t13-,15?/m0/s1. The molecule has 3 rings (SSSR count). The Labute approximate surface area is 113 Å². The SMILES string of the molecule is CC1(NC(=O)[C@@H]2Cc3ccccc3N2)CCCOC1. The van der Waals surface area contributed by atoms with Crippen LogP contribution in [0.15, 0.2) is 24.3 Å². The van der Waals surface area contributed by atoms with Crippen molar-refractivity contribution in [2.75, 3.05) is 18.5 Å². The zero-order chi connectivity index (χ0) is 13.3. The van der Waals surface area contributed by atoms with Gasteiger partial charge < -0.3 is 15.4 Å². The van der Waals surface area contributed by atoms with Crippen LogP contribution in [0.5, 0.6) is 0 Å². The fourth-order valence-corrected chi connectivity index (χ4v) is 2.87. The van der Waals surface area contributed by atoms with Crippen LogP contribution in [0.2, 0.25) is 0 Å². The molecule has 1 unspecified atom stereocenters. The summed E-state index contributed by atoms with van der Waals surface area (Å²) in [5.74, 6) is 0.0733. The first-order valence-electron chi connectivity index (χ1n) is 6.91. The van der Waals surface area contributed by atoms with Crippen molar-refractivity contribution >= 4 is 11.6 Å². The van der Waals surface area contributed by atoms with Crippen LogP contribution in [0.25, 0.3) is 0 Å². The molecule has 2 aliphatic rings. The Morgan fingerprint density at radius 2 is 2.32 bits per heavy atom. The zero-order valence-electron chi connectivity index (χ0n) is 11.2. The average Bonchev–Trinajstić information content (AvgIpc) is 2.83. The molecule has 4 heteroatoms. The van der Waals surface area contributed by atoms with Crippen LogP contribution in [0, 0.1) is 0 Å². The van der Waals surface area contributed by atoms with Gasteiger partial charge in [0.15, 0.2) is 0 Å². The van der Waals surface area contributed by atoms with Gasteiger partial charge in [-0.2, -0.15) is 0 Å². The second kappa shape index (κ2) is 4.85. The van der Waals surface area contributed by atoms with E-state index in [9.17, 15) is 4.79 Å². The van der Waals surface area contributed by atoms with E-state index in [2.05, 4.69) is 23.6 Å². The highest BCUT2D eigenvalue weighted by Gasteiger charge is 2.33. The van der Waals surface area contributed by atoms with E-state index in [1.54, 1.807) is 0 Å². The number of fused-ring (bicyclic) bond motifs is 1. The van der Waals surface area contributed by atoms with Crippen molar-refractivity contribution in [3.63, 3.8) is 0 Å². The summed E-state index contributed by atoms with van der Waals surface area (Å²) in [5.41, 5.74) is 2.08. The first-order valence-corrected chi connectivity index (χ1v) is 6.91. The van der Waals surface area contributed by atoms with Gasteiger partial charge in [-0.15, -0.1) is 0 Å². The molecule has 1 fully saturated rings. The third kappa shape index (κ3) is 2.59. The molecule has 0 saturated carbocycles. The molecule has 102 valence electrons. The minimum atomic E-state index is -0.216. The van der Waals surface area contributed by atoms with E-state index in [1.165, 1.54) is 5.56 Å². The lowest BCUT2D eigenvalue weighted by atomic mass is 9.94. The van der Waals surface area contributed by atoms with Gasteiger partial charge in [-0.05, 0) is 31.4 Å². The van der Waals surface area contributed by atoms with Gasteiger partial charge in [0.05, 0.1) is 12.1 Å². The Kier molecular flexibility index (Phi) is 3.19. The molecule has 2 N–H and O–H groups in total.